The van der Waals surface area contributed by atoms with E-state index in [0.29, 0.717) is 57.7 Å². The van der Waals surface area contributed by atoms with Crippen molar-refractivity contribution in [2.45, 2.75) is 156 Å². The molecule has 2 saturated heterocycles. The van der Waals surface area contributed by atoms with Crippen LogP contribution in [0.4, 0.5) is 9.59 Å². The Kier molecular flexibility index (Phi) is 34.1. The van der Waals surface area contributed by atoms with Gasteiger partial charge in [0.05, 0.1) is 82.5 Å². The molecule has 7 N–H and O–H groups in total. The number of methoxy groups -OCH3 is 2. The third-order valence-corrected chi connectivity index (χ3v) is 11.7. The number of carbonyl (C=O) groups excluding carboxylic acids is 5. The molecule has 410 valence electrons. The Morgan fingerprint density at radius 1 is 0.667 bits per heavy atom. The van der Waals surface area contributed by atoms with Crippen LogP contribution in [0.3, 0.4) is 0 Å². The average molecular weight is 1050 g/mol. The van der Waals surface area contributed by atoms with E-state index in [2.05, 4.69) is 31.1 Å². The van der Waals surface area contributed by atoms with Gasteiger partial charge in [-0.15, -0.1) is 0 Å². The number of carboxylic acid groups (broad SMARTS) is 1. The van der Waals surface area contributed by atoms with E-state index in [1.54, 1.807) is 68.8 Å². The zero-order valence-corrected chi connectivity index (χ0v) is 47.5. The molecule has 0 spiro atoms. The quantitative estimate of drug-likeness (QED) is 0.0353. The molecule has 2 aliphatic carbocycles. The van der Waals surface area contributed by atoms with Crippen molar-refractivity contribution in [1.29, 1.82) is 0 Å². The number of likely N-dealkylation sites (tertiary alicyclic amines) is 2. The van der Waals surface area contributed by atoms with Crippen molar-refractivity contribution in [1.82, 2.24) is 31.1 Å². The monoisotopic (exact) mass is 1050 g/mol. The van der Waals surface area contributed by atoms with Gasteiger partial charge >= 0.3 is 75.5 Å². The number of nitrogens with one attached hydrogen (secondary N) is 5. The third-order valence-electron chi connectivity index (χ3n) is 11.7. The van der Waals surface area contributed by atoms with Gasteiger partial charge in [-0.2, -0.15) is 0 Å². The molecule has 4 aliphatic rings. The number of carbonyl (C=O) groups is 6. The van der Waals surface area contributed by atoms with Crippen molar-refractivity contribution in [2.75, 3.05) is 86.6 Å². The van der Waals surface area contributed by atoms with E-state index >= 15 is 0 Å². The van der Waals surface area contributed by atoms with Gasteiger partial charge in [-0.3, -0.25) is 19.4 Å². The number of nitrogens with zero attached hydrogens (tertiary/aromatic N) is 2. The van der Waals surface area contributed by atoms with E-state index in [1.165, 1.54) is 13.8 Å². The summed E-state index contributed by atoms with van der Waals surface area (Å²) >= 11 is 0. The fraction of sp³-hybridized carbons (Fsp3) is 0.796. The van der Waals surface area contributed by atoms with Gasteiger partial charge < -0.3 is 70.6 Å². The van der Waals surface area contributed by atoms with Gasteiger partial charge in [0.1, 0.15) is 11.2 Å². The molecule has 23 heteroatoms. The van der Waals surface area contributed by atoms with Crippen molar-refractivity contribution in [3.05, 3.63) is 29.2 Å². The summed E-state index contributed by atoms with van der Waals surface area (Å²) in [5.74, 6) is 3.46. The van der Waals surface area contributed by atoms with Gasteiger partial charge in [0.2, 0.25) is 11.8 Å². The number of aliphatic carboxylic acids is 1. The number of carboxylic acids is 1. The van der Waals surface area contributed by atoms with Gasteiger partial charge in [-0.05, 0) is 99.1 Å². The number of rotatable bonds is 19. The summed E-state index contributed by atoms with van der Waals surface area (Å²) in [5.41, 5.74) is -0.681. The molecule has 4 amide bonds. The Morgan fingerprint density at radius 3 is 1.40 bits per heavy atom. The molecule has 2 fully saturated rings. The van der Waals surface area contributed by atoms with Crippen molar-refractivity contribution in [3.63, 3.8) is 0 Å². The van der Waals surface area contributed by atoms with E-state index < -0.39 is 59.5 Å². The molecule has 0 aromatic heterocycles. The van der Waals surface area contributed by atoms with Crippen molar-refractivity contribution < 1.29 is 124 Å². The van der Waals surface area contributed by atoms with Crippen LogP contribution in [-0.4, -0.2) is 190 Å². The zero-order chi connectivity index (χ0) is 52.6. The van der Waals surface area contributed by atoms with Gasteiger partial charge in [0.25, 0.3) is 0 Å². The molecule has 2 aliphatic heterocycles. The number of piperidine rings is 2. The zero-order valence-electron chi connectivity index (χ0n) is 44.4. The van der Waals surface area contributed by atoms with E-state index in [9.17, 15) is 33.9 Å². The van der Waals surface area contributed by atoms with Crippen LogP contribution in [-0.2, 0) is 52.3 Å². The first-order valence-electron chi connectivity index (χ1n) is 24.2. The van der Waals surface area contributed by atoms with Crippen molar-refractivity contribution in [2.24, 2.45) is 11.8 Å². The maximum Gasteiger partial charge on any atom is 1.00 e. The molecular weight excluding hydrogens is 966 g/mol. The maximum absolute atomic E-state index is 12.7. The summed E-state index contributed by atoms with van der Waals surface area (Å²) in [6, 6.07) is -2.77. The third kappa shape index (κ3) is 26.1. The molecule has 8 atom stereocenters. The Hall–Kier alpha value is -2.78. The summed E-state index contributed by atoms with van der Waals surface area (Å²) < 4.78 is 37.7. The van der Waals surface area contributed by atoms with E-state index in [4.69, 9.17) is 44.3 Å². The first-order chi connectivity index (χ1) is 33.0. The second-order valence-corrected chi connectivity index (χ2v) is 19.9. The number of ether oxygens (including phenoxy) is 7. The first-order valence-corrected chi connectivity index (χ1v) is 24.2. The average Bonchev–Trinajstić information content (AvgIpc) is 3.27. The van der Waals surface area contributed by atoms with Crippen molar-refractivity contribution >= 4 is 35.9 Å². The van der Waals surface area contributed by atoms with E-state index in [0.717, 1.165) is 45.3 Å². The molecule has 72 heavy (non-hydrogen) atoms. The van der Waals surface area contributed by atoms with Crippen LogP contribution in [0.25, 0.3) is 5.90 Å². The molecule has 2 heterocycles. The number of esters is 1. The van der Waals surface area contributed by atoms with Crippen molar-refractivity contribution in [3.8, 4) is 0 Å². The fourth-order valence-electron chi connectivity index (χ4n) is 8.99. The predicted molar refractivity (Wildman–Crippen MR) is 266 cm³/mol. The minimum absolute atomic E-state index is 0. The van der Waals surface area contributed by atoms with E-state index in [-0.39, 0.29) is 114 Å². The Bertz CT molecular complexity index is 1730. The number of amides is 4. The van der Waals surface area contributed by atoms with Gasteiger partial charge in [-0.1, -0.05) is 19.6 Å². The SMILES string of the molecule is C.CCOC(=O)C1=C[C@@H](N2CCC[C@H](COCCOC)C2)[C@H](NC(C)=O)[C@@H](NC(=O)OC(C)(C)C)C1.COCCOC[C@H]1CCCN([C@@H]2C=C(C(=O)O)C[C@H](NC(=O)OC(C)(C)C)[C@H]2NC(C)=O)C1.[K+].[NH-]O. The Morgan fingerprint density at radius 2 is 1.06 bits per heavy atom. The second-order valence-electron chi connectivity index (χ2n) is 19.9. The fourth-order valence-corrected chi connectivity index (χ4v) is 8.99. The molecule has 0 aromatic carbocycles. The predicted octanol–water partition coefficient (Wildman–Crippen LogP) is 1.63. The maximum atomic E-state index is 12.7. The molecule has 0 aromatic rings. The summed E-state index contributed by atoms with van der Waals surface area (Å²) in [6.07, 6.45) is 6.64. The second kappa shape index (κ2) is 35.5. The molecular formula is C49H88KN7O15. The summed E-state index contributed by atoms with van der Waals surface area (Å²) in [5, 5.41) is 27.6. The van der Waals surface area contributed by atoms with Crippen LogP contribution in [0.1, 0.15) is 108 Å². The standard InChI is InChI=1S/C25H43N3O7.C23H39N3O7.CH4.K.H2NO/c1-7-34-23(30)19-13-20(27-24(31)35-25(3,4)5)22(26-17(2)29)21(14-19)28-10-8-9-18(15-28)16-33-12-11-32-6;1-15(27)24-20-18(25-22(30)33-23(2,3)4)11-17(21(28)29)12-19(20)26-8-6-7-16(13-26)14-32-10-9-31-5;;;1-2/h14,18,20-22H,7-13,15-16H2,1-6H3,(H,26,29)(H,27,31);12,16,18-20H,6-11,13-14H2,1-5H3,(H,24,27)(H,25,30)(H,28,29);1H4;;1-2H/q;;;+1;-1/t18-,20-,21+,22+;16-,18-,19+,20+;;;/m00.../s1. The largest absolute Gasteiger partial charge is 1.00 e. The summed E-state index contributed by atoms with van der Waals surface area (Å²) in [6.45, 7) is 21.9. The number of alkyl carbamates (subject to hydrolysis) is 2. The van der Waals surface area contributed by atoms with Gasteiger partial charge in [-0.25, -0.2) is 19.2 Å². The molecule has 22 nitrogen and oxygen atoms in total. The summed E-state index contributed by atoms with van der Waals surface area (Å²) in [7, 11) is 3.27. The Labute approximate surface area is 470 Å². The van der Waals surface area contributed by atoms with Crippen LogP contribution >= 0.6 is 0 Å². The number of hydrogen-bond acceptors (Lipinski definition) is 16. The van der Waals surface area contributed by atoms with Crippen LogP contribution in [0.5, 0.6) is 0 Å². The normalized spacial score (nSPS) is 24.5. The Balaban J connectivity index is 0.00000132. The summed E-state index contributed by atoms with van der Waals surface area (Å²) in [4.78, 5) is 78.4. The molecule has 0 radical (unpaired) electrons. The molecule has 0 unspecified atom stereocenters. The van der Waals surface area contributed by atoms with Crippen LogP contribution < -0.4 is 72.7 Å². The minimum Gasteiger partial charge on any atom is -0.553 e. The first kappa shape index (κ1) is 69.2. The van der Waals surface area contributed by atoms with Crippen LogP contribution in [0.15, 0.2) is 23.3 Å². The molecule has 0 saturated carbocycles. The molecule has 4 rings (SSSR count). The van der Waals surface area contributed by atoms with Crippen LogP contribution in [0.2, 0.25) is 0 Å². The van der Waals surface area contributed by atoms with Crippen LogP contribution in [0, 0.1) is 11.8 Å². The smallest absolute Gasteiger partial charge is 0.553 e. The minimum atomic E-state index is -1.03. The molecule has 0 bridgehead atoms. The van der Waals surface area contributed by atoms with Gasteiger partial charge in [0, 0.05) is 65.1 Å². The van der Waals surface area contributed by atoms with E-state index in [1.807, 2.05) is 6.08 Å². The van der Waals surface area contributed by atoms with Gasteiger partial charge in [0.15, 0.2) is 0 Å². The number of hydrogen-bond donors (Lipinski definition) is 6. The topological polar surface area (TPSA) is 286 Å².